The van der Waals surface area contributed by atoms with E-state index in [1.165, 1.54) is 0 Å². The maximum Gasteiger partial charge on any atom is 0.320 e. The number of rotatable bonds is 2. The zero-order chi connectivity index (χ0) is 8.27. The van der Waals surface area contributed by atoms with Crippen molar-refractivity contribution in [1.82, 2.24) is 0 Å². The maximum absolute atomic E-state index is 10.5. The highest BCUT2D eigenvalue weighted by Crippen LogP contribution is 2.24. The van der Waals surface area contributed by atoms with Gasteiger partial charge in [0.05, 0.1) is 0 Å². The summed E-state index contributed by atoms with van der Waals surface area (Å²) >= 11 is 1.81. The van der Waals surface area contributed by atoms with E-state index in [1.54, 1.807) is 11.8 Å². The van der Waals surface area contributed by atoms with Crippen molar-refractivity contribution < 1.29 is 9.90 Å². The third-order valence-electron chi connectivity index (χ3n) is 1.99. The summed E-state index contributed by atoms with van der Waals surface area (Å²) in [6.45, 7) is 0. The summed E-state index contributed by atoms with van der Waals surface area (Å²) in [5.41, 5.74) is 5.48. The van der Waals surface area contributed by atoms with Crippen molar-refractivity contribution in [1.29, 1.82) is 0 Å². The predicted molar refractivity (Wildman–Crippen MR) is 45.7 cm³/mol. The molecule has 0 radical (unpaired) electrons. The molecular weight excluding hydrogens is 162 g/mol. The SMILES string of the molecule is NC(C(=O)O)C1CCCSC1. The number of carbonyl (C=O) groups is 1. The Morgan fingerprint density at radius 2 is 2.45 bits per heavy atom. The highest BCUT2D eigenvalue weighted by Gasteiger charge is 2.25. The van der Waals surface area contributed by atoms with Crippen LogP contribution >= 0.6 is 11.8 Å². The normalized spacial score (nSPS) is 27.9. The van der Waals surface area contributed by atoms with Crippen molar-refractivity contribution in [3.8, 4) is 0 Å². The third-order valence-corrected chi connectivity index (χ3v) is 3.23. The van der Waals surface area contributed by atoms with E-state index in [2.05, 4.69) is 0 Å². The fraction of sp³-hybridized carbons (Fsp3) is 0.857. The summed E-state index contributed by atoms with van der Waals surface area (Å²) in [6, 6.07) is -0.650. The summed E-state index contributed by atoms with van der Waals surface area (Å²) in [5, 5.41) is 8.60. The molecule has 4 heteroatoms. The molecule has 0 aliphatic carbocycles. The topological polar surface area (TPSA) is 63.3 Å². The minimum Gasteiger partial charge on any atom is -0.480 e. The minimum absolute atomic E-state index is 0.186. The molecule has 1 aliphatic rings. The lowest BCUT2D eigenvalue weighted by molar-refractivity contribution is -0.139. The maximum atomic E-state index is 10.5. The Hall–Kier alpha value is -0.220. The second-order valence-electron chi connectivity index (χ2n) is 2.84. The van der Waals surface area contributed by atoms with E-state index in [4.69, 9.17) is 10.8 Å². The average Bonchev–Trinajstić information content (AvgIpc) is 2.05. The Balaban J connectivity index is 2.38. The van der Waals surface area contributed by atoms with Crippen molar-refractivity contribution >= 4 is 17.7 Å². The highest BCUT2D eigenvalue weighted by atomic mass is 32.2. The first kappa shape index (κ1) is 8.87. The van der Waals surface area contributed by atoms with E-state index >= 15 is 0 Å². The van der Waals surface area contributed by atoms with Crippen LogP contribution in [0.25, 0.3) is 0 Å². The number of aliphatic carboxylic acids is 1. The van der Waals surface area contributed by atoms with Crippen molar-refractivity contribution in [2.75, 3.05) is 11.5 Å². The smallest absolute Gasteiger partial charge is 0.320 e. The molecule has 1 fully saturated rings. The number of thioether (sulfide) groups is 1. The highest BCUT2D eigenvalue weighted by molar-refractivity contribution is 7.99. The zero-order valence-electron chi connectivity index (χ0n) is 6.32. The van der Waals surface area contributed by atoms with E-state index in [0.29, 0.717) is 0 Å². The van der Waals surface area contributed by atoms with Gasteiger partial charge in [0.1, 0.15) is 6.04 Å². The van der Waals surface area contributed by atoms with E-state index in [1.807, 2.05) is 0 Å². The molecule has 3 nitrogen and oxygen atoms in total. The molecule has 2 unspecified atom stereocenters. The van der Waals surface area contributed by atoms with E-state index in [0.717, 1.165) is 24.3 Å². The first-order chi connectivity index (χ1) is 5.22. The number of nitrogens with two attached hydrogens (primary N) is 1. The molecule has 11 heavy (non-hydrogen) atoms. The number of hydrogen-bond acceptors (Lipinski definition) is 3. The van der Waals surface area contributed by atoms with Crippen LogP contribution in [0, 0.1) is 5.92 Å². The molecule has 0 aromatic rings. The second-order valence-corrected chi connectivity index (χ2v) is 3.99. The zero-order valence-corrected chi connectivity index (χ0v) is 7.14. The largest absolute Gasteiger partial charge is 0.480 e. The van der Waals surface area contributed by atoms with Gasteiger partial charge >= 0.3 is 5.97 Å². The van der Waals surface area contributed by atoms with Gasteiger partial charge in [0.15, 0.2) is 0 Å². The van der Waals surface area contributed by atoms with Crippen LogP contribution < -0.4 is 5.73 Å². The third kappa shape index (κ3) is 2.38. The lowest BCUT2D eigenvalue weighted by atomic mass is 9.97. The Morgan fingerprint density at radius 3 is 2.91 bits per heavy atom. The lowest BCUT2D eigenvalue weighted by Gasteiger charge is -2.23. The number of hydrogen-bond donors (Lipinski definition) is 2. The van der Waals surface area contributed by atoms with Crippen molar-refractivity contribution in [3.05, 3.63) is 0 Å². The van der Waals surface area contributed by atoms with Gasteiger partial charge in [-0.15, -0.1) is 0 Å². The molecule has 0 aromatic carbocycles. The van der Waals surface area contributed by atoms with Crippen LogP contribution in [0.2, 0.25) is 0 Å². The minimum atomic E-state index is -0.863. The quantitative estimate of drug-likeness (QED) is 0.643. The monoisotopic (exact) mass is 175 g/mol. The summed E-state index contributed by atoms with van der Waals surface area (Å²) in [4.78, 5) is 10.5. The molecular formula is C7H13NO2S. The molecule has 1 aliphatic heterocycles. The lowest BCUT2D eigenvalue weighted by Crippen LogP contribution is -2.40. The van der Waals surface area contributed by atoms with Crippen LogP contribution in [-0.4, -0.2) is 28.6 Å². The molecule has 0 bridgehead atoms. The second kappa shape index (κ2) is 3.97. The van der Waals surface area contributed by atoms with Crippen LogP contribution in [0.15, 0.2) is 0 Å². The van der Waals surface area contributed by atoms with Crippen molar-refractivity contribution in [2.45, 2.75) is 18.9 Å². The van der Waals surface area contributed by atoms with Gasteiger partial charge in [-0.05, 0) is 30.3 Å². The Bertz CT molecular complexity index is 145. The van der Waals surface area contributed by atoms with Crippen molar-refractivity contribution in [2.24, 2.45) is 11.7 Å². The van der Waals surface area contributed by atoms with Crippen LogP contribution in [0.4, 0.5) is 0 Å². The Labute approximate surface area is 70.3 Å². The average molecular weight is 175 g/mol. The molecule has 64 valence electrons. The van der Waals surface area contributed by atoms with Crippen LogP contribution in [0.5, 0.6) is 0 Å². The predicted octanol–water partition coefficient (Wildman–Crippen LogP) is 0.541. The summed E-state index contributed by atoms with van der Waals surface area (Å²) in [7, 11) is 0. The molecule has 1 heterocycles. The van der Waals surface area contributed by atoms with Crippen LogP contribution in [0.1, 0.15) is 12.8 Å². The fourth-order valence-electron chi connectivity index (χ4n) is 1.25. The molecule has 2 atom stereocenters. The van der Waals surface area contributed by atoms with E-state index < -0.39 is 12.0 Å². The molecule has 0 spiro atoms. The van der Waals surface area contributed by atoms with Crippen molar-refractivity contribution in [3.63, 3.8) is 0 Å². The molecule has 0 saturated carbocycles. The fourth-order valence-corrected chi connectivity index (χ4v) is 2.46. The molecule has 0 aromatic heterocycles. The summed E-state index contributed by atoms with van der Waals surface area (Å²) in [5.74, 6) is 1.39. The molecule has 1 saturated heterocycles. The van der Waals surface area contributed by atoms with Crippen LogP contribution in [-0.2, 0) is 4.79 Å². The van der Waals surface area contributed by atoms with E-state index in [9.17, 15) is 4.79 Å². The van der Waals surface area contributed by atoms with Crippen LogP contribution in [0.3, 0.4) is 0 Å². The summed E-state index contributed by atoms with van der Waals surface area (Å²) < 4.78 is 0. The number of carboxylic acid groups (broad SMARTS) is 1. The molecule has 1 rings (SSSR count). The standard InChI is InChI=1S/C7H13NO2S/c8-6(7(9)10)5-2-1-3-11-4-5/h5-6H,1-4,8H2,(H,9,10). The Morgan fingerprint density at radius 1 is 1.73 bits per heavy atom. The number of carboxylic acids is 1. The molecule has 0 amide bonds. The summed E-state index contributed by atoms with van der Waals surface area (Å²) in [6.07, 6.45) is 2.08. The van der Waals surface area contributed by atoms with Gasteiger partial charge in [-0.2, -0.15) is 11.8 Å². The molecule has 3 N–H and O–H groups in total. The van der Waals surface area contributed by atoms with Gasteiger partial charge in [0.2, 0.25) is 0 Å². The first-order valence-electron chi connectivity index (χ1n) is 3.78. The van der Waals surface area contributed by atoms with Gasteiger partial charge in [-0.3, -0.25) is 4.79 Å². The van der Waals surface area contributed by atoms with Gasteiger partial charge < -0.3 is 10.8 Å². The van der Waals surface area contributed by atoms with Gasteiger partial charge in [0.25, 0.3) is 0 Å². The van der Waals surface area contributed by atoms with Gasteiger partial charge in [-0.1, -0.05) is 0 Å². The van der Waals surface area contributed by atoms with E-state index in [-0.39, 0.29) is 5.92 Å². The van der Waals surface area contributed by atoms with Gasteiger partial charge in [-0.25, -0.2) is 0 Å². The first-order valence-corrected chi connectivity index (χ1v) is 4.93. The Kier molecular flexibility index (Phi) is 3.20. The van der Waals surface area contributed by atoms with Gasteiger partial charge in [0, 0.05) is 0 Å².